The third-order valence-electron chi connectivity index (χ3n) is 2.98. The van der Waals surface area contributed by atoms with Crippen LogP contribution in [0.2, 0.25) is 0 Å². The average Bonchev–Trinajstić information content (AvgIpc) is 2.34. The first-order valence-electron chi connectivity index (χ1n) is 6.57. The van der Waals surface area contributed by atoms with Crippen LogP contribution in [0.1, 0.15) is 27.2 Å². The number of piperidine rings is 1. The van der Waals surface area contributed by atoms with Crippen LogP contribution in [0.4, 0.5) is 9.18 Å². The van der Waals surface area contributed by atoms with Gasteiger partial charge in [0.05, 0.1) is 19.6 Å². The van der Waals surface area contributed by atoms with E-state index >= 15 is 0 Å². The first kappa shape index (κ1) is 16.7. The number of hydroxylamine groups is 2. The van der Waals surface area contributed by atoms with Crippen LogP contribution >= 0.6 is 0 Å². The Morgan fingerprint density at radius 2 is 1.90 bits per heavy atom. The van der Waals surface area contributed by atoms with Gasteiger partial charge < -0.3 is 9.64 Å². The molecule has 0 spiro atoms. The predicted octanol–water partition coefficient (Wildman–Crippen LogP) is 1.60. The van der Waals surface area contributed by atoms with Crippen molar-refractivity contribution in [2.45, 2.75) is 39.0 Å². The number of hydrogen-bond donors (Lipinski definition) is 0. The minimum atomic E-state index is -1.24. The number of rotatable bonds is 2. The zero-order valence-electron chi connectivity index (χ0n) is 12.7. The molecule has 0 saturated carbocycles. The number of halogens is 1. The van der Waals surface area contributed by atoms with Crippen LogP contribution in [-0.4, -0.2) is 61.0 Å². The third-order valence-corrected chi connectivity index (χ3v) is 2.98. The Labute approximate surface area is 118 Å². The number of carbonyl (C=O) groups is 2. The van der Waals surface area contributed by atoms with Crippen LogP contribution in [0.5, 0.6) is 0 Å². The molecule has 2 amide bonds. The molecule has 0 radical (unpaired) electrons. The fraction of sp³-hybridized carbons (Fsp3) is 0.846. The molecule has 0 N–H and O–H groups in total. The molecule has 20 heavy (non-hydrogen) atoms. The van der Waals surface area contributed by atoms with Gasteiger partial charge in [-0.15, -0.1) is 0 Å². The summed E-state index contributed by atoms with van der Waals surface area (Å²) < 4.78 is 18.9. The van der Waals surface area contributed by atoms with Gasteiger partial charge in [0.2, 0.25) is 0 Å². The lowest BCUT2D eigenvalue weighted by Crippen LogP contribution is -2.50. The number of alkyl halides is 1. The van der Waals surface area contributed by atoms with Gasteiger partial charge in [0.1, 0.15) is 11.8 Å². The van der Waals surface area contributed by atoms with Crippen molar-refractivity contribution < 1.29 is 23.6 Å². The number of nitrogens with zero attached hydrogens (tertiary/aromatic N) is 2. The SMILES string of the molecule is CON(C)C(=O)C1CC(F)CN(C(=O)OC(C)(C)C)C1. The van der Waals surface area contributed by atoms with Crippen molar-refractivity contribution in [2.24, 2.45) is 5.92 Å². The summed E-state index contributed by atoms with van der Waals surface area (Å²) in [5, 5.41) is 1.05. The zero-order chi connectivity index (χ0) is 15.5. The van der Waals surface area contributed by atoms with Gasteiger partial charge in [-0.25, -0.2) is 14.2 Å². The Balaban J connectivity index is 2.71. The van der Waals surface area contributed by atoms with Gasteiger partial charge in [-0.1, -0.05) is 0 Å². The van der Waals surface area contributed by atoms with Crippen LogP contribution in [0, 0.1) is 5.92 Å². The molecule has 0 aliphatic carbocycles. The predicted molar refractivity (Wildman–Crippen MR) is 70.6 cm³/mol. The van der Waals surface area contributed by atoms with Crippen molar-refractivity contribution in [3.05, 3.63) is 0 Å². The summed E-state index contributed by atoms with van der Waals surface area (Å²) >= 11 is 0. The lowest BCUT2D eigenvalue weighted by atomic mass is 9.96. The molecule has 2 unspecified atom stereocenters. The number of likely N-dealkylation sites (tertiary alicyclic amines) is 1. The fourth-order valence-corrected chi connectivity index (χ4v) is 2.04. The first-order chi connectivity index (χ1) is 9.14. The lowest BCUT2D eigenvalue weighted by Gasteiger charge is -2.35. The summed E-state index contributed by atoms with van der Waals surface area (Å²) in [5.41, 5.74) is -0.650. The smallest absolute Gasteiger partial charge is 0.410 e. The van der Waals surface area contributed by atoms with Crippen LogP contribution in [0.25, 0.3) is 0 Å². The van der Waals surface area contributed by atoms with E-state index in [1.54, 1.807) is 20.8 Å². The molecule has 0 bridgehead atoms. The van der Waals surface area contributed by atoms with Gasteiger partial charge in [-0.05, 0) is 27.2 Å². The second-order valence-electron chi connectivity index (χ2n) is 5.93. The third kappa shape index (κ3) is 4.63. The van der Waals surface area contributed by atoms with Crippen LogP contribution in [-0.2, 0) is 14.4 Å². The number of amides is 2. The van der Waals surface area contributed by atoms with Gasteiger partial charge in [-0.2, -0.15) is 0 Å². The van der Waals surface area contributed by atoms with Crippen LogP contribution in [0.3, 0.4) is 0 Å². The normalized spacial score (nSPS) is 23.4. The Bertz CT molecular complexity index is 370. The lowest BCUT2D eigenvalue weighted by molar-refractivity contribution is -0.175. The monoisotopic (exact) mass is 290 g/mol. The minimum Gasteiger partial charge on any atom is -0.444 e. The number of ether oxygens (including phenoxy) is 1. The van der Waals surface area contributed by atoms with Crippen molar-refractivity contribution in [2.75, 3.05) is 27.2 Å². The maximum Gasteiger partial charge on any atom is 0.410 e. The van der Waals surface area contributed by atoms with Crippen molar-refractivity contribution in [1.82, 2.24) is 9.96 Å². The van der Waals surface area contributed by atoms with E-state index in [0.717, 1.165) is 5.06 Å². The Hall–Kier alpha value is -1.37. The highest BCUT2D eigenvalue weighted by molar-refractivity contribution is 5.79. The summed E-state index contributed by atoms with van der Waals surface area (Å²) in [6.07, 6.45) is -1.75. The highest BCUT2D eigenvalue weighted by Crippen LogP contribution is 2.23. The first-order valence-corrected chi connectivity index (χ1v) is 6.57. The second-order valence-corrected chi connectivity index (χ2v) is 5.93. The van der Waals surface area contributed by atoms with Crippen molar-refractivity contribution in [1.29, 1.82) is 0 Å². The standard InChI is InChI=1S/C13H23FN2O4/c1-13(2,3)20-12(18)16-7-9(6-10(14)8-16)11(17)15(4)19-5/h9-10H,6-8H2,1-5H3. The van der Waals surface area contributed by atoms with E-state index in [0.29, 0.717) is 0 Å². The molecule has 1 saturated heterocycles. The van der Waals surface area contributed by atoms with E-state index in [2.05, 4.69) is 0 Å². The molecule has 0 aromatic heterocycles. The summed E-state index contributed by atoms with van der Waals surface area (Å²) in [4.78, 5) is 30.0. The molecule has 1 aliphatic heterocycles. The largest absolute Gasteiger partial charge is 0.444 e. The van der Waals surface area contributed by atoms with Gasteiger partial charge in [-0.3, -0.25) is 9.63 Å². The summed E-state index contributed by atoms with van der Waals surface area (Å²) in [6.45, 7) is 5.31. The Morgan fingerprint density at radius 1 is 1.30 bits per heavy atom. The molecular formula is C13H23FN2O4. The molecule has 1 fully saturated rings. The molecule has 116 valence electrons. The maximum atomic E-state index is 13.7. The van der Waals surface area contributed by atoms with E-state index in [4.69, 9.17) is 9.57 Å². The molecule has 0 aromatic rings. The highest BCUT2D eigenvalue weighted by atomic mass is 19.1. The van der Waals surface area contributed by atoms with Crippen LogP contribution in [0.15, 0.2) is 0 Å². The van der Waals surface area contributed by atoms with E-state index in [1.807, 2.05) is 0 Å². The molecular weight excluding hydrogens is 267 g/mol. The highest BCUT2D eigenvalue weighted by Gasteiger charge is 2.37. The average molecular weight is 290 g/mol. The number of carbonyl (C=O) groups excluding carboxylic acids is 2. The van der Waals surface area contributed by atoms with Crippen molar-refractivity contribution >= 4 is 12.0 Å². The molecule has 2 atom stereocenters. The van der Waals surface area contributed by atoms with Gasteiger partial charge in [0, 0.05) is 13.6 Å². The number of hydrogen-bond acceptors (Lipinski definition) is 4. The van der Waals surface area contributed by atoms with Gasteiger partial charge in [0.15, 0.2) is 0 Å². The van der Waals surface area contributed by atoms with E-state index < -0.39 is 23.8 Å². The quantitative estimate of drug-likeness (QED) is 0.725. The molecule has 6 nitrogen and oxygen atoms in total. The van der Waals surface area contributed by atoms with E-state index in [-0.39, 0.29) is 25.4 Å². The van der Waals surface area contributed by atoms with E-state index in [9.17, 15) is 14.0 Å². The summed E-state index contributed by atoms with van der Waals surface area (Å²) in [5.74, 6) is -0.959. The van der Waals surface area contributed by atoms with Crippen molar-refractivity contribution in [3.63, 3.8) is 0 Å². The van der Waals surface area contributed by atoms with Crippen molar-refractivity contribution in [3.8, 4) is 0 Å². The molecule has 7 heteroatoms. The van der Waals surface area contributed by atoms with E-state index in [1.165, 1.54) is 19.1 Å². The second kappa shape index (κ2) is 6.39. The molecule has 1 aliphatic rings. The molecule has 1 heterocycles. The zero-order valence-corrected chi connectivity index (χ0v) is 12.7. The maximum absolute atomic E-state index is 13.7. The van der Waals surface area contributed by atoms with Crippen LogP contribution < -0.4 is 0 Å². The summed E-state index contributed by atoms with van der Waals surface area (Å²) in [7, 11) is 2.82. The fourth-order valence-electron chi connectivity index (χ4n) is 2.04. The topological polar surface area (TPSA) is 59.1 Å². The molecule has 0 aromatic carbocycles. The van der Waals surface area contributed by atoms with Gasteiger partial charge >= 0.3 is 6.09 Å². The minimum absolute atomic E-state index is 0.0462. The molecule has 1 rings (SSSR count). The van der Waals surface area contributed by atoms with Gasteiger partial charge in [0.25, 0.3) is 5.91 Å². The Kier molecular flexibility index (Phi) is 5.33. The summed E-state index contributed by atoms with van der Waals surface area (Å²) in [6, 6.07) is 0. The Morgan fingerprint density at radius 3 is 2.40 bits per heavy atom.